The predicted molar refractivity (Wildman–Crippen MR) is 91.5 cm³/mol. The van der Waals surface area contributed by atoms with E-state index in [0.29, 0.717) is 5.02 Å². The molecule has 0 aliphatic rings. The lowest BCUT2D eigenvalue weighted by Gasteiger charge is -2.11. The maximum absolute atomic E-state index is 12.6. The van der Waals surface area contributed by atoms with Gasteiger partial charge in [-0.05, 0) is 17.7 Å². The number of aromatic hydroxyl groups is 1. The van der Waals surface area contributed by atoms with Crippen molar-refractivity contribution >= 4 is 23.1 Å². The molecule has 0 saturated heterocycles. The summed E-state index contributed by atoms with van der Waals surface area (Å²) in [6, 6.07) is 7.00. The zero-order valence-electron chi connectivity index (χ0n) is 13.1. The molecular formula is C17H13ClN2O5. The van der Waals surface area contributed by atoms with E-state index in [-0.39, 0.29) is 17.8 Å². The van der Waals surface area contributed by atoms with Gasteiger partial charge in [-0.3, -0.25) is 14.4 Å². The molecule has 0 atom stereocenters. The molecule has 0 aliphatic carbocycles. The van der Waals surface area contributed by atoms with Crippen LogP contribution in [0.15, 0.2) is 52.4 Å². The summed E-state index contributed by atoms with van der Waals surface area (Å²) in [7, 11) is 0. The Balaban J connectivity index is 2.14. The van der Waals surface area contributed by atoms with E-state index in [0.717, 1.165) is 12.5 Å². The van der Waals surface area contributed by atoms with E-state index >= 15 is 0 Å². The third-order valence-electron chi connectivity index (χ3n) is 3.54. The van der Waals surface area contributed by atoms with Crippen molar-refractivity contribution in [1.82, 2.24) is 8.97 Å². The number of ether oxygens (including phenoxy) is 1. The number of fused-ring (bicyclic) bond motifs is 1. The standard InChI is InChI=1S/C17H13ClN2O5/c1-10(21)25-13-9-19-5-6-20(8-11-3-2-4-12(18)7-11)17(24)14(19)16(23)15(13)22/h2-7,9,23H,8H2,1H3. The van der Waals surface area contributed by atoms with E-state index in [2.05, 4.69) is 0 Å². The third kappa shape index (κ3) is 3.27. The third-order valence-corrected chi connectivity index (χ3v) is 3.78. The fraction of sp³-hybridized carbons (Fsp3) is 0.118. The molecule has 3 aromatic rings. The highest BCUT2D eigenvalue weighted by atomic mass is 35.5. The molecule has 0 aliphatic heterocycles. The van der Waals surface area contributed by atoms with Crippen LogP contribution in [0.1, 0.15) is 12.5 Å². The van der Waals surface area contributed by atoms with E-state index in [4.69, 9.17) is 16.3 Å². The molecule has 0 amide bonds. The Bertz CT molecular complexity index is 1100. The van der Waals surface area contributed by atoms with Gasteiger partial charge in [0.25, 0.3) is 11.0 Å². The number of hydrogen-bond acceptors (Lipinski definition) is 5. The molecule has 1 aromatic carbocycles. The van der Waals surface area contributed by atoms with Crippen LogP contribution in [0.5, 0.6) is 11.5 Å². The quantitative estimate of drug-likeness (QED) is 0.719. The molecule has 0 unspecified atom stereocenters. The van der Waals surface area contributed by atoms with Gasteiger partial charge in [-0.2, -0.15) is 0 Å². The summed E-state index contributed by atoms with van der Waals surface area (Å²) in [4.78, 5) is 35.7. The summed E-state index contributed by atoms with van der Waals surface area (Å²) in [6.45, 7) is 1.35. The Kier molecular flexibility index (Phi) is 4.33. The summed E-state index contributed by atoms with van der Waals surface area (Å²) in [6.07, 6.45) is 4.16. The number of rotatable bonds is 3. The van der Waals surface area contributed by atoms with E-state index in [1.54, 1.807) is 24.3 Å². The lowest BCUT2D eigenvalue weighted by molar-refractivity contribution is -0.131. The number of carbonyl (C=O) groups is 1. The van der Waals surface area contributed by atoms with Crippen LogP contribution in [0, 0.1) is 0 Å². The number of pyridine rings is 1. The second-order valence-electron chi connectivity index (χ2n) is 5.38. The molecule has 0 fully saturated rings. The molecule has 25 heavy (non-hydrogen) atoms. The zero-order chi connectivity index (χ0) is 18.1. The first-order chi connectivity index (χ1) is 11.9. The highest BCUT2D eigenvalue weighted by molar-refractivity contribution is 6.30. The van der Waals surface area contributed by atoms with E-state index < -0.39 is 22.7 Å². The number of hydrogen-bond donors (Lipinski definition) is 1. The lowest BCUT2D eigenvalue weighted by atomic mass is 10.2. The minimum atomic E-state index is -0.923. The van der Waals surface area contributed by atoms with Gasteiger partial charge in [0.05, 0.1) is 12.7 Å². The second-order valence-corrected chi connectivity index (χ2v) is 5.82. The van der Waals surface area contributed by atoms with Crippen molar-refractivity contribution in [3.8, 4) is 11.5 Å². The fourth-order valence-electron chi connectivity index (χ4n) is 2.47. The van der Waals surface area contributed by atoms with Crippen molar-refractivity contribution < 1.29 is 14.6 Å². The van der Waals surface area contributed by atoms with Gasteiger partial charge in [-0.15, -0.1) is 0 Å². The van der Waals surface area contributed by atoms with Crippen molar-refractivity contribution in [2.45, 2.75) is 13.5 Å². The molecular weight excluding hydrogens is 348 g/mol. The smallest absolute Gasteiger partial charge is 0.308 e. The topological polar surface area (TPSA) is 90.0 Å². The van der Waals surface area contributed by atoms with Crippen LogP contribution < -0.4 is 15.7 Å². The van der Waals surface area contributed by atoms with Crippen molar-refractivity contribution in [3.63, 3.8) is 0 Å². The number of esters is 1. The molecule has 0 spiro atoms. The van der Waals surface area contributed by atoms with E-state index in [1.807, 2.05) is 0 Å². The largest absolute Gasteiger partial charge is 0.502 e. The minimum absolute atomic E-state index is 0.203. The average Bonchev–Trinajstić information content (AvgIpc) is 2.54. The van der Waals surface area contributed by atoms with Crippen LogP contribution in [0.3, 0.4) is 0 Å². The molecule has 2 heterocycles. The van der Waals surface area contributed by atoms with Crippen LogP contribution in [0.25, 0.3) is 5.52 Å². The van der Waals surface area contributed by atoms with Crippen LogP contribution in [-0.4, -0.2) is 20.0 Å². The Morgan fingerprint density at radius 2 is 2.04 bits per heavy atom. The maximum atomic E-state index is 12.6. The average molecular weight is 361 g/mol. The summed E-state index contributed by atoms with van der Waals surface area (Å²) in [5, 5.41) is 10.6. The van der Waals surface area contributed by atoms with Gasteiger partial charge >= 0.3 is 5.97 Å². The van der Waals surface area contributed by atoms with Gasteiger partial charge in [-0.25, -0.2) is 0 Å². The summed E-state index contributed by atoms with van der Waals surface area (Å²) in [5.74, 6) is -1.83. The summed E-state index contributed by atoms with van der Waals surface area (Å²) >= 11 is 5.94. The van der Waals surface area contributed by atoms with Crippen LogP contribution >= 0.6 is 11.6 Å². The Morgan fingerprint density at radius 1 is 1.28 bits per heavy atom. The Hall–Kier alpha value is -3.06. The van der Waals surface area contributed by atoms with Gasteiger partial charge in [-0.1, -0.05) is 23.7 Å². The van der Waals surface area contributed by atoms with Crippen LogP contribution in [-0.2, 0) is 11.3 Å². The fourth-order valence-corrected chi connectivity index (χ4v) is 2.68. The normalized spacial score (nSPS) is 10.8. The molecule has 2 aromatic heterocycles. The van der Waals surface area contributed by atoms with Crippen molar-refractivity contribution in [1.29, 1.82) is 0 Å². The molecule has 1 N–H and O–H groups in total. The SMILES string of the molecule is CC(=O)Oc1cn2ccn(Cc3cccc(Cl)c3)c(=O)c2c(O)c1=O. The summed E-state index contributed by atoms with van der Waals surface area (Å²) < 4.78 is 7.34. The highest BCUT2D eigenvalue weighted by Gasteiger charge is 2.16. The van der Waals surface area contributed by atoms with Crippen molar-refractivity contribution in [2.75, 3.05) is 0 Å². The number of carbonyl (C=O) groups excluding carboxylic acids is 1. The Labute approximate surface area is 146 Å². The van der Waals surface area contributed by atoms with Gasteiger partial charge < -0.3 is 18.8 Å². The molecule has 0 saturated carbocycles. The van der Waals surface area contributed by atoms with Crippen LogP contribution in [0.4, 0.5) is 0 Å². The zero-order valence-corrected chi connectivity index (χ0v) is 13.9. The van der Waals surface area contributed by atoms with Gasteiger partial charge in [0.2, 0.25) is 0 Å². The first-order valence-electron chi connectivity index (χ1n) is 7.27. The number of benzene rings is 1. The molecule has 0 bridgehead atoms. The predicted octanol–water partition coefficient (Wildman–Crippen LogP) is 1.79. The first kappa shape index (κ1) is 16.8. The molecule has 3 rings (SSSR count). The highest BCUT2D eigenvalue weighted by Crippen LogP contribution is 2.16. The second kappa shape index (κ2) is 6.45. The van der Waals surface area contributed by atoms with Crippen LogP contribution in [0.2, 0.25) is 5.02 Å². The maximum Gasteiger partial charge on any atom is 0.308 e. The summed E-state index contributed by atoms with van der Waals surface area (Å²) in [5.41, 5.74) is -0.901. The van der Waals surface area contributed by atoms with Gasteiger partial charge in [0.15, 0.2) is 17.0 Å². The van der Waals surface area contributed by atoms with Crippen molar-refractivity contribution in [2.24, 2.45) is 0 Å². The van der Waals surface area contributed by atoms with Crippen molar-refractivity contribution in [3.05, 3.63) is 74.0 Å². The molecule has 128 valence electrons. The lowest BCUT2D eigenvalue weighted by Crippen LogP contribution is -2.25. The van der Waals surface area contributed by atoms with E-state index in [9.17, 15) is 19.5 Å². The van der Waals surface area contributed by atoms with E-state index in [1.165, 1.54) is 27.6 Å². The number of nitrogens with zero attached hydrogens (tertiary/aromatic N) is 2. The number of aromatic nitrogens is 2. The van der Waals surface area contributed by atoms with Gasteiger partial charge in [0.1, 0.15) is 0 Å². The monoisotopic (exact) mass is 360 g/mol. The first-order valence-corrected chi connectivity index (χ1v) is 7.65. The van der Waals surface area contributed by atoms with Gasteiger partial charge in [0, 0.05) is 24.3 Å². The Morgan fingerprint density at radius 3 is 2.72 bits per heavy atom. The number of halogens is 1. The molecule has 0 radical (unpaired) electrons. The molecule has 7 nitrogen and oxygen atoms in total. The molecule has 8 heteroatoms. The minimum Gasteiger partial charge on any atom is -0.502 e.